The van der Waals surface area contributed by atoms with Crippen molar-refractivity contribution in [3.05, 3.63) is 41.6 Å². The fourth-order valence-corrected chi connectivity index (χ4v) is 3.31. The Kier molecular flexibility index (Phi) is 6.11. The van der Waals surface area contributed by atoms with Crippen molar-refractivity contribution in [3.63, 3.8) is 0 Å². The lowest BCUT2D eigenvalue weighted by atomic mass is 10.1. The van der Waals surface area contributed by atoms with Gasteiger partial charge in [0.25, 0.3) is 5.91 Å². The molecule has 0 bridgehead atoms. The third kappa shape index (κ3) is 4.87. The average molecular weight is 370 g/mol. The Hall–Kier alpha value is -2.83. The molecule has 0 radical (unpaired) electrons. The minimum atomic E-state index is -0.250. The molecule has 1 heterocycles. The van der Waals surface area contributed by atoms with Crippen LogP contribution in [0.4, 0.5) is 5.82 Å². The second-order valence-corrected chi connectivity index (χ2v) is 6.86. The van der Waals surface area contributed by atoms with Gasteiger partial charge in [-0.1, -0.05) is 25.0 Å². The summed E-state index contributed by atoms with van der Waals surface area (Å²) < 4.78 is 6.67. The fraction of sp³-hybridized carbons (Fsp3) is 0.450. The van der Waals surface area contributed by atoms with Gasteiger partial charge in [0.1, 0.15) is 11.6 Å². The van der Waals surface area contributed by atoms with E-state index in [1.165, 1.54) is 4.68 Å². The van der Waals surface area contributed by atoms with Gasteiger partial charge in [0.05, 0.1) is 7.11 Å². The van der Waals surface area contributed by atoms with Crippen molar-refractivity contribution in [3.8, 4) is 5.75 Å². The average Bonchev–Trinajstić information content (AvgIpc) is 3.33. The maximum Gasteiger partial charge on any atom is 0.271 e. The molecular formula is C20H26N4O3. The molecule has 1 aliphatic rings. The number of anilines is 1. The molecule has 3 rings (SSSR count). The lowest BCUT2D eigenvalue weighted by Gasteiger charge is -2.09. The van der Waals surface area contributed by atoms with E-state index in [0.29, 0.717) is 24.5 Å². The van der Waals surface area contributed by atoms with Gasteiger partial charge in [0, 0.05) is 25.6 Å². The number of methoxy groups -OCH3 is 1. The first-order valence-electron chi connectivity index (χ1n) is 9.33. The Balaban J connectivity index is 1.51. The van der Waals surface area contributed by atoms with E-state index in [-0.39, 0.29) is 17.7 Å². The minimum Gasteiger partial charge on any atom is -0.497 e. The van der Waals surface area contributed by atoms with Crippen LogP contribution < -0.4 is 15.4 Å². The summed E-state index contributed by atoms with van der Waals surface area (Å²) in [6, 6.07) is 9.37. The number of aryl methyl sites for hydroxylation is 1. The van der Waals surface area contributed by atoms with Gasteiger partial charge in [-0.2, -0.15) is 5.10 Å². The van der Waals surface area contributed by atoms with Crippen molar-refractivity contribution in [2.45, 2.75) is 32.1 Å². The zero-order chi connectivity index (χ0) is 19.2. The van der Waals surface area contributed by atoms with Gasteiger partial charge >= 0.3 is 0 Å². The molecular weight excluding hydrogens is 344 g/mol. The van der Waals surface area contributed by atoms with Crippen LogP contribution >= 0.6 is 0 Å². The number of aromatic nitrogens is 2. The van der Waals surface area contributed by atoms with E-state index in [9.17, 15) is 9.59 Å². The van der Waals surface area contributed by atoms with E-state index >= 15 is 0 Å². The van der Waals surface area contributed by atoms with E-state index in [1.54, 1.807) is 20.2 Å². The highest BCUT2D eigenvalue weighted by molar-refractivity contribution is 5.96. The normalized spacial score (nSPS) is 14.1. The number of carbonyl (C=O) groups excluding carboxylic acids is 2. The van der Waals surface area contributed by atoms with Gasteiger partial charge in [0.2, 0.25) is 5.91 Å². The summed E-state index contributed by atoms with van der Waals surface area (Å²) in [5.41, 5.74) is 1.41. The summed E-state index contributed by atoms with van der Waals surface area (Å²) in [6.07, 6.45) is 4.79. The van der Waals surface area contributed by atoms with Crippen LogP contribution in [0.2, 0.25) is 0 Å². The summed E-state index contributed by atoms with van der Waals surface area (Å²) in [4.78, 5) is 24.6. The van der Waals surface area contributed by atoms with Gasteiger partial charge in [-0.3, -0.25) is 14.3 Å². The first-order valence-corrected chi connectivity index (χ1v) is 9.33. The highest BCUT2D eigenvalue weighted by Gasteiger charge is 2.24. The molecule has 2 amide bonds. The third-order valence-corrected chi connectivity index (χ3v) is 4.95. The molecule has 144 valence electrons. The summed E-state index contributed by atoms with van der Waals surface area (Å²) in [5.74, 6) is 1.19. The van der Waals surface area contributed by atoms with Crippen LogP contribution in [0.25, 0.3) is 0 Å². The largest absolute Gasteiger partial charge is 0.497 e. The Labute approximate surface area is 159 Å². The Morgan fingerprint density at radius 1 is 1.22 bits per heavy atom. The monoisotopic (exact) mass is 370 g/mol. The first-order chi connectivity index (χ1) is 13.1. The zero-order valence-electron chi connectivity index (χ0n) is 15.8. The van der Waals surface area contributed by atoms with Crippen LogP contribution in [0.5, 0.6) is 5.75 Å². The highest BCUT2D eigenvalue weighted by atomic mass is 16.5. The molecule has 0 spiro atoms. The summed E-state index contributed by atoms with van der Waals surface area (Å²) in [5, 5.41) is 9.97. The number of rotatable bonds is 7. The van der Waals surface area contributed by atoms with Crippen molar-refractivity contribution < 1.29 is 14.3 Å². The molecule has 1 aromatic carbocycles. The number of ether oxygens (including phenoxy) is 1. The molecule has 1 saturated carbocycles. The van der Waals surface area contributed by atoms with E-state index < -0.39 is 0 Å². The third-order valence-electron chi connectivity index (χ3n) is 4.95. The summed E-state index contributed by atoms with van der Waals surface area (Å²) in [6.45, 7) is 0.505. The van der Waals surface area contributed by atoms with Crippen molar-refractivity contribution in [2.24, 2.45) is 13.0 Å². The molecule has 1 fully saturated rings. The van der Waals surface area contributed by atoms with Crippen LogP contribution in [-0.4, -0.2) is 35.2 Å². The van der Waals surface area contributed by atoms with Crippen LogP contribution in [-0.2, 0) is 18.3 Å². The Morgan fingerprint density at radius 3 is 2.59 bits per heavy atom. The summed E-state index contributed by atoms with van der Waals surface area (Å²) >= 11 is 0. The first kappa shape index (κ1) is 18.9. The number of hydrogen-bond donors (Lipinski definition) is 2. The molecule has 27 heavy (non-hydrogen) atoms. The van der Waals surface area contributed by atoms with Crippen LogP contribution in [0.15, 0.2) is 30.3 Å². The van der Waals surface area contributed by atoms with Gasteiger partial charge in [-0.05, 0) is 37.0 Å². The molecule has 7 heteroatoms. The highest BCUT2D eigenvalue weighted by Crippen LogP contribution is 2.26. The predicted molar refractivity (Wildman–Crippen MR) is 103 cm³/mol. The topological polar surface area (TPSA) is 85.3 Å². The van der Waals surface area contributed by atoms with Gasteiger partial charge in [-0.15, -0.1) is 0 Å². The second-order valence-electron chi connectivity index (χ2n) is 6.86. The predicted octanol–water partition coefficient (Wildman–Crippen LogP) is 2.53. The molecule has 0 unspecified atom stereocenters. The van der Waals surface area contributed by atoms with E-state index in [4.69, 9.17) is 4.74 Å². The maximum absolute atomic E-state index is 12.3. The molecule has 0 saturated heterocycles. The standard InChI is InChI=1S/C20H26N4O3/c1-24-18(22-19(25)15-5-3-4-6-15)13-17(23-24)20(26)21-12-11-14-7-9-16(27-2)10-8-14/h7-10,13,15H,3-6,11-12H2,1-2H3,(H,21,26)(H,22,25). The van der Waals surface area contributed by atoms with Crippen molar-refractivity contribution >= 4 is 17.6 Å². The number of benzene rings is 1. The Morgan fingerprint density at radius 2 is 1.93 bits per heavy atom. The quantitative estimate of drug-likeness (QED) is 0.784. The fourth-order valence-electron chi connectivity index (χ4n) is 3.31. The molecule has 0 aliphatic heterocycles. The number of nitrogens with one attached hydrogen (secondary N) is 2. The number of carbonyl (C=O) groups is 2. The second kappa shape index (κ2) is 8.70. The van der Waals surface area contributed by atoms with Crippen molar-refractivity contribution in [2.75, 3.05) is 19.0 Å². The number of nitrogens with zero attached hydrogens (tertiary/aromatic N) is 2. The van der Waals surface area contributed by atoms with Gasteiger partial charge in [-0.25, -0.2) is 0 Å². The molecule has 2 N–H and O–H groups in total. The summed E-state index contributed by atoms with van der Waals surface area (Å²) in [7, 11) is 3.35. The van der Waals surface area contributed by atoms with E-state index in [2.05, 4.69) is 15.7 Å². The molecule has 7 nitrogen and oxygen atoms in total. The van der Waals surface area contributed by atoms with Crippen molar-refractivity contribution in [1.29, 1.82) is 0 Å². The molecule has 1 aliphatic carbocycles. The number of hydrogen-bond acceptors (Lipinski definition) is 4. The van der Waals surface area contributed by atoms with Crippen LogP contribution in [0.3, 0.4) is 0 Å². The lowest BCUT2D eigenvalue weighted by molar-refractivity contribution is -0.119. The lowest BCUT2D eigenvalue weighted by Crippen LogP contribution is -2.26. The molecule has 1 aromatic heterocycles. The molecule has 2 aromatic rings. The Bertz CT molecular complexity index is 792. The van der Waals surface area contributed by atoms with Crippen LogP contribution in [0.1, 0.15) is 41.7 Å². The van der Waals surface area contributed by atoms with Gasteiger partial charge < -0.3 is 15.4 Å². The van der Waals surface area contributed by atoms with Crippen LogP contribution in [0, 0.1) is 5.92 Å². The smallest absolute Gasteiger partial charge is 0.271 e. The van der Waals surface area contributed by atoms with E-state index in [0.717, 1.165) is 37.0 Å². The van der Waals surface area contributed by atoms with Gasteiger partial charge in [0.15, 0.2) is 5.69 Å². The zero-order valence-corrected chi connectivity index (χ0v) is 15.8. The van der Waals surface area contributed by atoms with E-state index in [1.807, 2.05) is 24.3 Å². The SMILES string of the molecule is COc1ccc(CCNC(=O)c2cc(NC(=O)C3CCCC3)n(C)n2)cc1. The number of amides is 2. The van der Waals surface area contributed by atoms with Crippen molar-refractivity contribution in [1.82, 2.24) is 15.1 Å². The maximum atomic E-state index is 12.3. The minimum absolute atomic E-state index is 0.0157. The molecule has 0 atom stereocenters.